The van der Waals surface area contributed by atoms with Crippen molar-refractivity contribution < 1.29 is 8.91 Å². The van der Waals surface area contributed by atoms with E-state index >= 15 is 0 Å². The molecule has 1 unspecified atom stereocenters. The number of hydrogen-bond acceptors (Lipinski definition) is 4. The summed E-state index contributed by atoms with van der Waals surface area (Å²) in [6.07, 6.45) is 2.63. The molecule has 0 spiro atoms. The molecule has 1 aliphatic carbocycles. The molecule has 4 nitrogen and oxygen atoms in total. The number of alkyl halides is 1. The van der Waals surface area contributed by atoms with Gasteiger partial charge in [-0.05, 0) is 19.4 Å². The van der Waals surface area contributed by atoms with Crippen LogP contribution in [0, 0.1) is 0 Å². The highest BCUT2D eigenvalue weighted by molar-refractivity contribution is 5.09. The maximum atomic E-state index is 14.1. The molecule has 3 rings (SSSR count). The predicted octanol–water partition coefficient (Wildman–Crippen LogP) is 1.11. The van der Waals surface area contributed by atoms with Crippen LogP contribution in [0.25, 0.3) is 0 Å². The van der Waals surface area contributed by atoms with Crippen LogP contribution in [0.1, 0.15) is 36.9 Å². The second-order valence-electron chi connectivity index (χ2n) is 4.12. The van der Waals surface area contributed by atoms with Crippen LogP contribution in [0.4, 0.5) is 4.39 Å². The zero-order valence-corrected chi connectivity index (χ0v) is 7.79. The quantitative estimate of drug-likeness (QED) is 0.771. The highest BCUT2D eigenvalue weighted by Gasteiger charge is 2.41. The fraction of sp³-hybridized carbons (Fsp3) is 0.778. The van der Waals surface area contributed by atoms with E-state index in [1.54, 1.807) is 0 Å². The van der Waals surface area contributed by atoms with Crippen molar-refractivity contribution in [1.29, 1.82) is 0 Å². The number of nitrogens with one attached hydrogen (secondary N) is 1. The highest BCUT2D eigenvalue weighted by Crippen LogP contribution is 2.40. The Morgan fingerprint density at radius 3 is 3.00 bits per heavy atom. The lowest BCUT2D eigenvalue weighted by Crippen LogP contribution is -2.24. The first-order chi connectivity index (χ1) is 6.78. The van der Waals surface area contributed by atoms with Gasteiger partial charge in [0.15, 0.2) is 5.67 Å². The Balaban J connectivity index is 1.87. The summed E-state index contributed by atoms with van der Waals surface area (Å²) in [5, 5.41) is 6.70. The van der Waals surface area contributed by atoms with E-state index in [1.807, 2.05) is 0 Å². The maximum Gasteiger partial charge on any atom is 0.229 e. The molecule has 1 aromatic heterocycles. The van der Waals surface area contributed by atoms with E-state index in [1.165, 1.54) is 0 Å². The first-order valence-corrected chi connectivity index (χ1v) is 5.02. The van der Waals surface area contributed by atoms with Gasteiger partial charge in [-0.2, -0.15) is 4.98 Å². The average molecular weight is 197 g/mol. The van der Waals surface area contributed by atoms with Crippen LogP contribution < -0.4 is 5.32 Å². The fourth-order valence-electron chi connectivity index (χ4n) is 1.77. The van der Waals surface area contributed by atoms with E-state index in [9.17, 15) is 4.39 Å². The van der Waals surface area contributed by atoms with Gasteiger partial charge in [-0.3, -0.25) is 0 Å². The minimum absolute atomic E-state index is 0.226. The molecule has 0 aromatic carbocycles. The van der Waals surface area contributed by atoms with Crippen LogP contribution in [-0.4, -0.2) is 23.2 Å². The lowest BCUT2D eigenvalue weighted by atomic mass is 10.1. The molecule has 2 aliphatic rings. The Hall–Kier alpha value is -0.970. The molecule has 0 amide bonds. The highest BCUT2D eigenvalue weighted by atomic mass is 19.1. The van der Waals surface area contributed by atoms with Gasteiger partial charge in [0.25, 0.3) is 0 Å². The normalized spacial score (nSPS) is 32.4. The van der Waals surface area contributed by atoms with Crippen LogP contribution in [0.5, 0.6) is 0 Å². The van der Waals surface area contributed by atoms with E-state index in [4.69, 9.17) is 4.52 Å². The predicted molar refractivity (Wildman–Crippen MR) is 46.5 cm³/mol. The minimum atomic E-state index is -1.41. The van der Waals surface area contributed by atoms with Crippen LogP contribution in [0.2, 0.25) is 0 Å². The van der Waals surface area contributed by atoms with E-state index in [0.29, 0.717) is 31.3 Å². The van der Waals surface area contributed by atoms with Crippen molar-refractivity contribution in [3.63, 3.8) is 0 Å². The minimum Gasteiger partial charge on any atom is -0.339 e. The van der Waals surface area contributed by atoms with Gasteiger partial charge in [0.1, 0.15) is 0 Å². The first kappa shape index (κ1) is 8.35. The Kier molecular flexibility index (Phi) is 1.65. The summed E-state index contributed by atoms with van der Waals surface area (Å²) in [4.78, 5) is 4.13. The molecule has 2 heterocycles. The molecule has 1 atom stereocenters. The van der Waals surface area contributed by atoms with Gasteiger partial charge < -0.3 is 9.84 Å². The Morgan fingerprint density at radius 2 is 2.36 bits per heavy atom. The number of nitrogens with zero attached hydrogens (tertiary/aromatic N) is 2. The third kappa shape index (κ3) is 1.23. The van der Waals surface area contributed by atoms with E-state index in [-0.39, 0.29) is 5.82 Å². The molecule has 1 aromatic rings. The second-order valence-corrected chi connectivity index (χ2v) is 4.12. The summed E-state index contributed by atoms with van der Waals surface area (Å²) >= 11 is 0. The van der Waals surface area contributed by atoms with Crippen LogP contribution >= 0.6 is 0 Å². The average Bonchev–Trinajstić information content (AvgIpc) is 2.75. The van der Waals surface area contributed by atoms with Crippen molar-refractivity contribution in [2.75, 3.05) is 13.1 Å². The Bertz CT molecular complexity index is 342. The zero-order valence-electron chi connectivity index (χ0n) is 7.79. The number of hydrogen-bond donors (Lipinski definition) is 1. The third-order valence-electron chi connectivity index (χ3n) is 2.87. The summed E-state index contributed by atoms with van der Waals surface area (Å²) in [6.45, 7) is 0.987. The lowest BCUT2D eigenvalue weighted by molar-refractivity contribution is 0.173. The first-order valence-electron chi connectivity index (χ1n) is 5.02. The fourth-order valence-corrected chi connectivity index (χ4v) is 1.77. The summed E-state index contributed by atoms with van der Waals surface area (Å²) in [5.74, 6) is 1.24. The summed E-state index contributed by atoms with van der Waals surface area (Å²) in [5.41, 5.74) is -1.41. The standard InChI is InChI=1S/C9H12FN3O/c10-9(3-4-11-5-9)8-12-7(14-13-8)6-1-2-6/h6,11H,1-5H2. The molecule has 2 fully saturated rings. The van der Waals surface area contributed by atoms with Crippen LogP contribution in [0.15, 0.2) is 4.52 Å². The molecule has 1 aliphatic heterocycles. The monoisotopic (exact) mass is 197 g/mol. The SMILES string of the molecule is FC1(c2noc(C3CC3)n2)CCNC1. The molecule has 1 saturated heterocycles. The molecule has 76 valence electrons. The number of halogens is 1. The van der Waals surface area contributed by atoms with Gasteiger partial charge in [-0.15, -0.1) is 0 Å². The summed E-state index contributed by atoms with van der Waals surface area (Å²) < 4.78 is 19.1. The van der Waals surface area contributed by atoms with Gasteiger partial charge >= 0.3 is 0 Å². The van der Waals surface area contributed by atoms with Crippen molar-refractivity contribution in [3.05, 3.63) is 11.7 Å². The number of rotatable bonds is 2. The van der Waals surface area contributed by atoms with E-state index in [0.717, 1.165) is 12.8 Å². The van der Waals surface area contributed by atoms with Gasteiger partial charge in [0, 0.05) is 18.9 Å². The van der Waals surface area contributed by atoms with E-state index in [2.05, 4.69) is 15.5 Å². The second kappa shape index (κ2) is 2.76. The van der Waals surface area contributed by atoms with Crippen molar-refractivity contribution in [2.45, 2.75) is 30.8 Å². The van der Waals surface area contributed by atoms with Crippen molar-refractivity contribution >= 4 is 0 Å². The maximum absolute atomic E-state index is 14.1. The van der Waals surface area contributed by atoms with Gasteiger partial charge in [0.2, 0.25) is 11.7 Å². The molecule has 5 heteroatoms. The molecule has 1 saturated carbocycles. The molecule has 0 bridgehead atoms. The lowest BCUT2D eigenvalue weighted by Gasteiger charge is -2.11. The molecular weight excluding hydrogens is 185 g/mol. The van der Waals surface area contributed by atoms with Crippen molar-refractivity contribution in [3.8, 4) is 0 Å². The summed E-state index contributed by atoms with van der Waals surface area (Å²) in [7, 11) is 0. The topological polar surface area (TPSA) is 51.0 Å². The summed E-state index contributed by atoms with van der Waals surface area (Å²) in [6, 6.07) is 0. The van der Waals surface area contributed by atoms with Gasteiger partial charge in [0.05, 0.1) is 0 Å². The van der Waals surface area contributed by atoms with Crippen LogP contribution in [-0.2, 0) is 5.67 Å². The molecule has 0 radical (unpaired) electrons. The molecule has 14 heavy (non-hydrogen) atoms. The van der Waals surface area contributed by atoms with Gasteiger partial charge in [-0.1, -0.05) is 5.16 Å². The Labute approximate surface area is 80.9 Å². The van der Waals surface area contributed by atoms with E-state index < -0.39 is 5.67 Å². The van der Waals surface area contributed by atoms with Gasteiger partial charge in [-0.25, -0.2) is 4.39 Å². The largest absolute Gasteiger partial charge is 0.339 e. The van der Waals surface area contributed by atoms with Crippen molar-refractivity contribution in [2.24, 2.45) is 0 Å². The smallest absolute Gasteiger partial charge is 0.229 e. The van der Waals surface area contributed by atoms with Crippen LogP contribution in [0.3, 0.4) is 0 Å². The Morgan fingerprint density at radius 1 is 1.50 bits per heavy atom. The zero-order chi connectivity index (χ0) is 9.60. The molecular formula is C9H12FN3O. The molecule has 1 N–H and O–H groups in total. The van der Waals surface area contributed by atoms with Crippen molar-refractivity contribution in [1.82, 2.24) is 15.5 Å². The number of aromatic nitrogens is 2. The third-order valence-corrected chi connectivity index (χ3v) is 2.87.